The van der Waals surface area contributed by atoms with Crippen LogP contribution in [0.15, 0.2) is 27.8 Å². The molecule has 6 nitrogen and oxygen atoms in total. The van der Waals surface area contributed by atoms with Crippen molar-refractivity contribution in [3.8, 4) is 0 Å². The standard InChI is InChI=1S/C14H18N4O2/c1-18-6-2-3-10(8-18)15-9-4-5-11-12(7-9)17-14(20)13(19)16-11/h4-5,7,10,15H,2-3,6,8H2,1H3,(H,16,19)(H,17,20). The summed E-state index contributed by atoms with van der Waals surface area (Å²) in [6.07, 6.45) is 2.33. The molecule has 0 aliphatic carbocycles. The van der Waals surface area contributed by atoms with E-state index in [0.29, 0.717) is 17.1 Å². The molecule has 1 aromatic heterocycles. The molecule has 1 aliphatic rings. The Hall–Kier alpha value is -2.08. The normalized spacial score (nSPS) is 20.1. The van der Waals surface area contributed by atoms with Gasteiger partial charge in [0.2, 0.25) is 0 Å². The number of fused-ring (bicyclic) bond motifs is 1. The lowest BCUT2D eigenvalue weighted by atomic mass is 10.1. The van der Waals surface area contributed by atoms with Crippen molar-refractivity contribution in [2.24, 2.45) is 0 Å². The van der Waals surface area contributed by atoms with Gasteiger partial charge in [-0.15, -0.1) is 0 Å². The van der Waals surface area contributed by atoms with Crippen LogP contribution in [0.5, 0.6) is 0 Å². The molecule has 20 heavy (non-hydrogen) atoms. The minimum absolute atomic E-state index is 0.417. The molecule has 2 heterocycles. The molecule has 0 bridgehead atoms. The first-order chi connectivity index (χ1) is 9.61. The molecule has 1 aliphatic heterocycles. The summed E-state index contributed by atoms with van der Waals surface area (Å²) in [5, 5.41) is 3.48. The zero-order valence-electron chi connectivity index (χ0n) is 11.4. The first-order valence-corrected chi connectivity index (χ1v) is 6.83. The maximum absolute atomic E-state index is 11.4. The molecule has 0 radical (unpaired) electrons. The van der Waals surface area contributed by atoms with E-state index in [1.807, 2.05) is 18.2 Å². The Labute approximate surface area is 115 Å². The number of likely N-dealkylation sites (N-methyl/N-ethyl adjacent to an activating group) is 1. The quantitative estimate of drug-likeness (QED) is 0.705. The fraction of sp³-hybridized carbons (Fsp3) is 0.429. The third kappa shape index (κ3) is 2.60. The Bertz CT molecular complexity index is 734. The third-order valence-corrected chi connectivity index (χ3v) is 3.72. The van der Waals surface area contributed by atoms with Crippen LogP contribution in [0.2, 0.25) is 0 Å². The highest BCUT2D eigenvalue weighted by atomic mass is 16.2. The third-order valence-electron chi connectivity index (χ3n) is 3.72. The summed E-state index contributed by atoms with van der Waals surface area (Å²) < 4.78 is 0. The molecular formula is C14H18N4O2. The van der Waals surface area contributed by atoms with E-state index in [-0.39, 0.29) is 0 Å². The zero-order valence-corrected chi connectivity index (χ0v) is 11.4. The van der Waals surface area contributed by atoms with Crippen LogP contribution in [0.3, 0.4) is 0 Å². The van der Waals surface area contributed by atoms with Gasteiger partial charge in [0.05, 0.1) is 11.0 Å². The molecular weight excluding hydrogens is 256 g/mol. The number of rotatable bonds is 2. The first-order valence-electron chi connectivity index (χ1n) is 6.83. The highest BCUT2D eigenvalue weighted by Gasteiger charge is 2.16. The summed E-state index contributed by atoms with van der Waals surface area (Å²) in [5.74, 6) is 0. The molecule has 2 aromatic rings. The molecule has 1 unspecified atom stereocenters. The Morgan fingerprint density at radius 3 is 2.70 bits per heavy atom. The second-order valence-electron chi connectivity index (χ2n) is 5.41. The number of nitrogens with one attached hydrogen (secondary N) is 3. The van der Waals surface area contributed by atoms with Crippen LogP contribution in [0.1, 0.15) is 12.8 Å². The van der Waals surface area contributed by atoms with Gasteiger partial charge in [-0.05, 0) is 44.6 Å². The maximum Gasteiger partial charge on any atom is 0.314 e. The highest BCUT2D eigenvalue weighted by molar-refractivity contribution is 5.78. The van der Waals surface area contributed by atoms with Gasteiger partial charge in [0.1, 0.15) is 0 Å². The largest absolute Gasteiger partial charge is 0.381 e. The minimum atomic E-state index is -0.618. The fourth-order valence-electron chi connectivity index (χ4n) is 2.72. The van der Waals surface area contributed by atoms with Crippen LogP contribution in [0.25, 0.3) is 11.0 Å². The van der Waals surface area contributed by atoms with Gasteiger partial charge < -0.3 is 20.2 Å². The molecule has 1 saturated heterocycles. The number of H-pyrrole nitrogens is 2. The first kappa shape index (κ1) is 12.9. The molecule has 1 fully saturated rings. The van der Waals surface area contributed by atoms with E-state index >= 15 is 0 Å². The summed E-state index contributed by atoms with van der Waals surface area (Å²) >= 11 is 0. The second-order valence-corrected chi connectivity index (χ2v) is 5.41. The Morgan fingerprint density at radius 1 is 1.20 bits per heavy atom. The lowest BCUT2D eigenvalue weighted by Gasteiger charge is -2.30. The average Bonchev–Trinajstić information content (AvgIpc) is 2.40. The van der Waals surface area contributed by atoms with Crippen molar-refractivity contribution in [1.82, 2.24) is 14.9 Å². The highest BCUT2D eigenvalue weighted by Crippen LogP contribution is 2.18. The van der Waals surface area contributed by atoms with Crippen molar-refractivity contribution in [1.29, 1.82) is 0 Å². The molecule has 0 spiro atoms. The molecule has 0 saturated carbocycles. The topological polar surface area (TPSA) is 81.0 Å². The molecule has 0 amide bonds. The van der Waals surface area contributed by atoms with Gasteiger partial charge in [0.15, 0.2) is 0 Å². The number of benzene rings is 1. The van der Waals surface area contributed by atoms with Crippen LogP contribution in [0, 0.1) is 0 Å². The molecule has 1 aromatic carbocycles. The predicted molar refractivity (Wildman–Crippen MR) is 79.3 cm³/mol. The van der Waals surface area contributed by atoms with Crippen molar-refractivity contribution >= 4 is 16.7 Å². The van der Waals surface area contributed by atoms with Crippen molar-refractivity contribution < 1.29 is 0 Å². The minimum Gasteiger partial charge on any atom is -0.381 e. The molecule has 6 heteroatoms. The number of nitrogens with zero attached hydrogens (tertiary/aromatic N) is 1. The number of hydrogen-bond acceptors (Lipinski definition) is 4. The summed E-state index contributed by atoms with van der Waals surface area (Å²) in [4.78, 5) is 30.1. The number of hydrogen-bond donors (Lipinski definition) is 3. The van der Waals surface area contributed by atoms with Crippen molar-refractivity contribution in [3.63, 3.8) is 0 Å². The van der Waals surface area contributed by atoms with E-state index in [9.17, 15) is 9.59 Å². The van der Waals surface area contributed by atoms with E-state index in [2.05, 4.69) is 27.2 Å². The number of aromatic nitrogens is 2. The lowest BCUT2D eigenvalue weighted by molar-refractivity contribution is 0.261. The summed E-state index contributed by atoms with van der Waals surface area (Å²) in [5.41, 5.74) is 1.00. The van der Waals surface area contributed by atoms with Crippen molar-refractivity contribution in [3.05, 3.63) is 38.9 Å². The van der Waals surface area contributed by atoms with Crippen LogP contribution >= 0.6 is 0 Å². The van der Waals surface area contributed by atoms with Crippen molar-refractivity contribution in [2.75, 3.05) is 25.5 Å². The molecule has 1 atom stereocenters. The van der Waals surface area contributed by atoms with E-state index in [1.165, 1.54) is 6.42 Å². The number of piperidine rings is 1. The van der Waals surface area contributed by atoms with E-state index in [0.717, 1.165) is 25.2 Å². The van der Waals surface area contributed by atoms with Gasteiger partial charge >= 0.3 is 11.1 Å². The average molecular weight is 274 g/mol. The summed E-state index contributed by atoms with van der Waals surface area (Å²) in [7, 11) is 2.12. The SMILES string of the molecule is CN1CCCC(Nc2ccc3[nH]c(=O)c(=O)[nH]c3c2)C1. The van der Waals surface area contributed by atoms with E-state index < -0.39 is 11.1 Å². The number of likely N-dealkylation sites (tertiary alicyclic amines) is 1. The molecule has 3 rings (SSSR count). The van der Waals surface area contributed by atoms with Crippen molar-refractivity contribution in [2.45, 2.75) is 18.9 Å². The van der Waals surface area contributed by atoms with E-state index in [4.69, 9.17) is 0 Å². The van der Waals surface area contributed by atoms with Gasteiger partial charge in [-0.3, -0.25) is 9.59 Å². The van der Waals surface area contributed by atoms with Gasteiger partial charge in [-0.25, -0.2) is 0 Å². The fourth-order valence-corrected chi connectivity index (χ4v) is 2.72. The van der Waals surface area contributed by atoms with Gasteiger partial charge in [0.25, 0.3) is 0 Å². The summed E-state index contributed by atoms with van der Waals surface area (Å²) in [6, 6.07) is 6.01. The molecule has 3 N–H and O–H groups in total. The smallest absolute Gasteiger partial charge is 0.314 e. The number of anilines is 1. The van der Waals surface area contributed by atoms with Crippen LogP contribution in [-0.4, -0.2) is 41.0 Å². The Balaban J connectivity index is 1.87. The monoisotopic (exact) mass is 274 g/mol. The van der Waals surface area contributed by atoms with E-state index in [1.54, 1.807) is 0 Å². The van der Waals surface area contributed by atoms with Gasteiger partial charge in [-0.1, -0.05) is 0 Å². The maximum atomic E-state index is 11.4. The van der Waals surface area contributed by atoms with Crippen LogP contribution < -0.4 is 16.4 Å². The summed E-state index contributed by atoms with van der Waals surface area (Å²) in [6.45, 7) is 2.16. The van der Waals surface area contributed by atoms with Gasteiger partial charge in [-0.2, -0.15) is 0 Å². The number of aromatic amines is 2. The Morgan fingerprint density at radius 2 is 1.95 bits per heavy atom. The molecule has 106 valence electrons. The van der Waals surface area contributed by atoms with Gasteiger partial charge in [0, 0.05) is 18.3 Å². The van der Waals surface area contributed by atoms with Crippen LogP contribution in [0.4, 0.5) is 5.69 Å². The second kappa shape index (κ2) is 5.13. The Kier molecular flexibility index (Phi) is 3.31. The van der Waals surface area contributed by atoms with Crippen LogP contribution in [-0.2, 0) is 0 Å². The predicted octanol–water partition coefficient (Wildman–Crippen LogP) is 0.723. The lowest BCUT2D eigenvalue weighted by Crippen LogP contribution is -2.39. The zero-order chi connectivity index (χ0) is 14.1.